The number of ether oxygens (including phenoxy) is 1. The second kappa shape index (κ2) is 6.86. The van der Waals surface area contributed by atoms with Crippen LogP contribution in [-0.2, 0) is 24.4 Å². The maximum atomic E-state index is 12.4. The van der Waals surface area contributed by atoms with E-state index in [-0.39, 0.29) is 12.0 Å². The van der Waals surface area contributed by atoms with Crippen LogP contribution in [0, 0.1) is 0 Å². The van der Waals surface area contributed by atoms with E-state index in [0.717, 1.165) is 16.8 Å². The summed E-state index contributed by atoms with van der Waals surface area (Å²) >= 11 is 0. The van der Waals surface area contributed by atoms with Gasteiger partial charge in [0.15, 0.2) is 5.69 Å². The molecule has 1 atom stereocenters. The zero-order valence-corrected chi connectivity index (χ0v) is 13.6. The van der Waals surface area contributed by atoms with Crippen molar-refractivity contribution in [1.29, 1.82) is 0 Å². The Morgan fingerprint density at radius 2 is 2.00 bits per heavy atom. The lowest BCUT2D eigenvalue weighted by molar-refractivity contribution is 0.00257. The second-order valence-corrected chi connectivity index (χ2v) is 5.94. The lowest BCUT2D eigenvalue weighted by atomic mass is 10.1. The molecule has 1 amide bonds. The highest BCUT2D eigenvalue weighted by molar-refractivity contribution is 5.93. The van der Waals surface area contributed by atoms with Crippen molar-refractivity contribution in [3.63, 3.8) is 0 Å². The molecule has 1 aliphatic heterocycles. The number of hydrogen-bond donors (Lipinski definition) is 1. The number of carbonyl (C=O) groups excluding carboxylic acids is 1. The Bertz CT molecular complexity index is 862. The number of nitrogens with zero attached hydrogens (tertiary/aromatic N) is 3. The molecule has 4 rings (SSSR count). The first-order chi connectivity index (χ1) is 12.3. The quantitative estimate of drug-likeness (QED) is 0.796. The molecule has 0 saturated carbocycles. The van der Waals surface area contributed by atoms with Gasteiger partial charge in [-0.15, -0.1) is 0 Å². The third kappa shape index (κ3) is 3.29. The van der Waals surface area contributed by atoms with Crippen molar-refractivity contribution < 1.29 is 9.53 Å². The van der Waals surface area contributed by atoms with Crippen LogP contribution < -0.4 is 5.32 Å². The zero-order valence-electron chi connectivity index (χ0n) is 13.6. The Morgan fingerprint density at radius 1 is 1.20 bits per heavy atom. The fraction of sp³-hybridized carbons (Fsp3) is 0.211. The molecule has 126 valence electrons. The summed E-state index contributed by atoms with van der Waals surface area (Å²) in [5.41, 5.74) is 3.38. The van der Waals surface area contributed by atoms with Gasteiger partial charge in [-0.05, 0) is 23.3 Å². The second-order valence-electron chi connectivity index (χ2n) is 5.94. The number of nitrogens with one attached hydrogen (secondary N) is 1. The van der Waals surface area contributed by atoms with Crippen molar-refractivity contribution in [3.8, 4) is 0 Å². The number of fused-ring (bicyclic) bond motifs is 1. The fourth-order valence-corrected chi connectivity index (χ4v) is 2.95. The van der Waals surface area contributed by atoms with Crippen molar-refractivity contribution in [2.24, 2.45) is 0 Å². The highest BCUT2D eigenvalue weighted by atomic mass is 16.5. The van der Waals surface area contributed by atoms with E-state index in [1.165, 1.54) is 0 Å². The predicted octanol–water partition coefficient (Wildman–Crippen LogP) is 2.48. The van der Waals surface area contributed by atoms with Gasteiger partial charge >= 0.3 is 0 Å². The number of carbonyl (C=O) groups is 1. The molecule has 3 heterocycles. The van der Waals surface area contributed by atoms with Crippen LogP contribution in [0.4, 0.5) is 0 Å². The normalized spacial score (nSPS) is 16.2. The van der Waals surface area contributed by atoms with E-state index in [1.54, 1.807) is 18.7 Å². The molecule has 0 aliphatic carbocycles. The van der Waals surface area contributed by atoms with E-state index in [9.17, 15) is 4.79 Å². The smallest absolute Gasteiger partial charge is 0.272 e. The molecular formula is C19H18N4O2. The number of amides is 1. The number of benzene rings is 1. The van der Waals surface area contributed by atoms with Crippen LogP contribution in [0.1, 0.15) is 33.4 Å². The molecule has 2 aromatic heterocycles. The minimum atomic E-state index is -0.188. The molecular weight excluding hydrogens is 316 g/mol. The highest BCUT2D eigenvalue weighted by Crippen LogP contribution is 2.27. The predicted molar refractivity (Wildman–Crippen MR) is 91.6 cm³/mol. The third-order valence-corrected chi connectivity index (χ3v) is 4.32. The van der Waals surface area contributed by atoms with Gasteiger partial charge in [0.1, 0.15) is 6.10 Å². The molecule has 0 fully saturated rings. The molecule has 0 bridgehead atoms. The van der Waals surface area contributed by atoms with Crippen molar-refractivity contribution in [2.75, 3.05) is 0 Å². The van der Waals surface area contributed by atoms with Gasteiger partial charge in [-0.2, -0.15) is 0 Å². The molecule has 6 nitrogen and oxygen atoms in total. The minimum Gasteiger partial charge on any atom is -0.365 e. The van der Waals surface area contributed by atoms with Crippen LogP contribution >= 0.6 is 0 Å². The molecule has 0 radical (unpaired) electrons. The maximum Gasteiger partial charge on any atom is 0.272 e. The van der Waals surface area contributed by atoms with Crippen LogP contribution in [0.25, 0.3) is 0 Å². The Morgan fingerprint density at radius 3 is 2.80 bits per heavy atom. The van der Waals surface area contributed by atoms with Gasteiger partial charge in [-0.25, -0.2) is 4.98 Å². The summed E-state index contributed by atoms with van der Waals surface area (Å²) < 4.78 is 7.96. The standard InChI is InChI=1S/C19H18N4O2/c24-19(21-10-14-6-8-20-9-7-14)18-16-12-25-17(11-23(16)13-22-18)15-4-2-1-3-5-15/h1-9,13,17H,10-12H2,(H,21,24)/t17-/m0/s1. The summed E-state index contributed by atoms with van der Waals surface area (Å²) in [6.07, 6.45) is 5.11. The van der Waals surface area contributed by atoms with Gasteiger partial charge in [-0.3, -0.25) is 9.78 Å². The van der Waals surface area contributed by atoms with E-state index in [1.807, 2.05) is 34.9 Å². The largest absolute Gasteiger partial charge is 0.365 e. The van der Waals surface area contributed by atoms with Crippen molar-refractivity contribution in [3.05, 3.63) is 83.7 Å². The first-order valence-corrected chi connectivity index (χ1v) is 8.19. The molecule has 0 unspecified atom stereocenters. The Kier molecular flexibility index (Phi) is 4.26. The number of rotatable bonds is 4. The lowest BCUT2D eigenvalue weighted by Crippen LogP contribution is -2.27. The van der Waals surface area contributed by atoms with Crippen molar-refractivity contribution in [1.82, 2.24) is 19.9 Å². The van der Waals surface area contributed by atoms with Gasteiger partial charge in [0, 0.05) is 18.9 Å². The number of imidazole rings is 1. The maximum absolute atomic E-state index is 12.4. The molecule has 3 aromatic rings. The molecule has 25 heavy (non-hydrogen) atoms. The van der Waals surface area contributed by atoms with Gasteiger partial charge in [0.2, 0.25) is 0 Å². The van der Waals surface area contributed by atoms with Crippen LogP contribution in [0.15, 0.2) is 61.2 Å². The number of hydrogen-bond acceptors (Lipinski definition) is 4. The van der Waals surface area contributed by atoms with E-state index >= 15 is 0 Å². The molecule has 1 aliphatic rings. The lowest BCUT2D eigenvalue weighted by Gasteiger charge is -2.25. The summed E-state index contributed by atoms with van der Waals surface area (Å²) in [5, 5.41) is 2.90. The number of pyridine rings is 1. The highest BCUT2D eigenvalue weighted by Gasteiger charge is 2.26. The molecule has 6 heteroatoms. The number of aromatic nitrogens is 3. The van der Waals surface area contributed by atoms with Crippen LogP contribution in [0.3, 0.4) is 0 Å². The van der Waals surface area contributed by atoms with Crippen LogP contribution in [-0.4, -0.2) is 20.4 Å². The fourth-order valence-electron chi connectivity index (χ4n) is 2.95. The van der Waals surface area contributed by atoms with Crippen LogP contribution in [0.2, 0.25) is 0 Å². The minimum absolute atomic E-state index is 0.0179. The van der Waals surface area contributed by atoms with Gasteiger partial charge in [0.25, 0.3) is 5.91 Å². The average Bonchev–Trinajstić information content (AvgIpc) is 3.11. The summed E-state index contributed by atoms with van der Waals surface area (Å²) in [7, 11) is 0. The summed E-state index contributed by atoms with van der Waals surface area (Å²) in [6.45, 7) is 1.47. The van der Waals surface area contributed by atoms with Gasteiger partial charge in [-0.1, -0.05) is 30.3 Å². The topological polar surface area (TPSA) is 69.0 Å². The third-order valence-electron chi connectivity index (χ3n) is 4.32. The Labute approximate surface area is 145 Å². The van der Waals surface area contributed by atoms with E-state index in [0.29, 0.717) is 25.4 Å². The molecule has 0 saturated heterocycles. The monoisotopic (exact) mass is 334 g/mol. The zero-order chi connectivity index (χ0) is 17.1. The van der Waals surface area contributed by atoms with Gasteiger partial charge < -0.3 is 14.6 Å². The van der Waals surface area contributed by atoms with Crippen molar-refractivity contribution in [2.45, 2.75) is 25.8 Å². The summed E-state index contributed by atoms with van der Waals surface area (Å²) in [5.74, 6) is -0.188. The molecule has 0 spiro atoms. The first-order valence-electron chi connectivity index (χ1n) is 8.19. The summed E-state index contributed by atoms with van der Waals surface area (Å²) in [4.78, 5) is 20.7. The summed E-state index contributed by atoms with van der Waals surface area (Å²) in [6, 6.07) is 13.8. The van der Waals surface area contributed by atoms with E-state index in [2.05, 4.69) is 27.4 Å². The Hall–Kier alpha value is -2.99. The SMILES string of the molecule is O=C(NCc1ccncc1)c1ncn2c1CO[C@H](c1ccccc1)C2. The molecule has 1 aromatic carbocycles. The molecule has 1 N–H and O–H groups in total. The average molecular weight is 334 g/mol. The van der Waals surface area contributed by atoms with Crippen molar-refractivity contribution >= 4 is 5.91 Å². The van der Waals surface area contributed by atoms with Gasteiger partial charge in [0.05, 0.1) is 25.2 Å². The Balaban J connectivity index is 1.45. The van der Waals surface area contributed by atoms with E-state index in [4.69, 9.17) is 4.74 Å². The first kappa shape index (κ1) is 15.5. The van der Waals surface area contributed by atoms with E-state index < -0.39 is 0 Å². The van der Waals surface area contributed by atoms with Crippen LogP contribution in [0.5, 0.6) is 0 Å².